The molecule has 0 atom stereocenters. The SMILES string of the molecule is CC(=O)N([Si](C)(C)C)[Si](C)(C)C.C[Si](C)(C)CC(N)=O. The van der Waals surface area contributed by atoms with Gasteiger partial charge >= 0.3 is 0 Å². The molecule has 0 rings (SSSR count). The summed E-state index contributed by atoms with van der Waals surface area (Å²) in [6, 6.07) is 0.604. The van der Waals surface area contributed by atoms with E-state index in [4.69, 9.17) is 5.73 Å². The fourth-order valence-corrected chi connectivity index (χ4v) is 13.5. The van der Waals surface area contributed by atoms with Crippen LogP contribution in [0.1, 0.15) is 6.92 Å². The summed E-state index contributed by atoms with van der Waals surface area (Å²) < 4.78 is 2.18. The number of primary amides is 1. The van der Waals surface area contributed by atoms with Gasteiger partial charge in [-0.25, -0.2) is 0 Å². The molecule has 0 aromatic carbocycles. The highest BCUT2D eigenvalue weighted by Crippen LogP contribution is 2.19. The van der Waals surface area contributed by atoms with Gasteiger partial charge in [0.2, 0.25) is 11.8 Å². The lowest BCUT2D eigenvalue weighted by molar-refractivity contribution is -0.122. The first-order valence-corrected chi connectivity index (χ1v) is 17.7. The van der Waals surface area contributed by atoms with Crippen molar-refractivity contribution in [3.63, 3.8) is 0 Å². The molecule has 2 N–H and O–H groups in total. The van der Waals surface area contributed by atoms with E-state index in [-0.39, 0.29) is 11.8 Å². The molecule has 20 heavy (non-hydrogen) atoms. The van der Waals surface area contributed by atoms with Gasteiger partial charge in [-0.3, -0.25) is 9.59 Å². The molecule has 0 fully saturated rings. The van der Waals surface area contributed by atoms with Crippen molar-refractivity contribution >= 4 is 36.4 Å². The van der Waals surface area contributed by atoms with Crippen molar-refractivity contribution < 1.29 is 9.59 Å². The second-order valence-electron chi connectivity index (χ2n) is 8.40. The highest BCUT2D eigenvalue weighted by Gasteiger charge is 2.35. The van der Waals surface area contributed by atoms with E-state index in [1.807, 2.05) is 0 Å². The Labute approximate surface area is 128 Å². The van der Waals surface area contributed by atoms with Crippen LogP contribution in [0.2, 0.25) is 65.0 Å². The van der Waals surface area contributed by atoms with E-state index >= 15 is 0 Å². The maximum Gasteiger partial charge on any atom is 0.214 e. The lowest BCUT2D eigenvalue weighted by atomic mass is 10.8. The van der Waals surface area contributed by atoms with Gasteiger partial charge in [-0.15, -0.1) is 0 Å². The largest absolute Gasteiger partial charge is 0.396 e. The zero-order chi connectivity index (χ0) is 16.9. The molecule has 0 unspecified atom stereocenters. The molecule has 0 bridgehead atoms. The van der Waals surface area contributed by atoms with Crippen LogP contribution < -0.4 is 5.73 Å². The summed E-state index contributed by atoms with van der Waals surface area (Å²) in [4.78, 5) is 21.7. The van der Waals surface area contributed by atoms with Crippen LogP contribution >= 0.6 is 0 Å². The normalized spacial score (nSPS) is 12.3. The first-order valence-electron chi connectivity index (χ1n) is 7.07. The zero-order valence-corrected chi connectivity index (χ0v) is 18.0. The molecule has 0 saturated carbocycles. The molecule has 0 aliphatic carbocycles. The van der Waals surface area contributed by atoms with Crippen LogP contribution in [0.3, 0.4) is 0 Å². The Morgan fingerprint density at radius 3 is 1.15 bits per heavy atom. The van der Waals surface area contributed by atoms with Crippen LogP contribution in [0, 0.1) is 0 Å². The van der Waals surface area contributed by atoms with Crippen molar-refractivity contribution in [1.82, 2.24) is 4.23 Å². The van der Waals surface area contributed by atoms with Crippen LogP contribution in [-0.2, 0) is 9.59 Å². The number of hydrogen-bond donors (Lipinski definition) is 1. The van der Waals surface area contributed by atoms with E-state index < -0.39 is 24.5 Å². The molecular formula is C13H34N2O2Si3. The quantitative estimate of drug-likeness (QED) is 0.802. The van der Waals surface area contributed by atoms with Crippen LogP contribution in [-0.4, -0.2) is 40.6 Å². The first kappa shape index (κ1) is 21.9. The molecule has 0 radical (unpaired) electrons. The Morgan fingerprint density at radius 1 is 0.850 bits per heavy atom. The highest BCUT2D eigenvalue weighted by atomic mass is 28.4. The number of rotatable bonds is 4. The fraction of sp³-hybridized carbons (Fsp3) is 0.846. The van der Waals surface area contributed by atoms with E-state index in [0.717, 1.165) is 0 Å². The Hall–Kier alpha value is -0.409. The number of hydrogen-bond acceptors (Lipinski definition) is 2. The van der Waals surface area contributed by atoms with E-state index in [1.54, 1.807) is 6.92 Å². The molecule has 0 aromatic heterocycles. The van der Waals surface area contributed by atoms with Gasteiger partial charge in [-0.2, -0.15) is 0 Å². The van der Waals surface area contributed by atoms with Gasteiger partial charge in [0.05, 0.1) is 8.07 Å². The summed E-state index contributed by atoms with van der Waals surface area (Å²) in [7, 11) is -4.07. The molecule has 120 valence electrons. The van der Waals surface area contributed by atoms with Gasteiger partial charge in [-0.05, 0) is 0 Å². The van der Waals surface area contributed by atoms with E-state index in [9.17, 15) is 9.59 Å². The molecule has 0 heterocycles. The topological polar surface area (TPSA) is 63.4 Å². The Balaban J connectivity index is 0. The minimum absolute atomic E-state index is 0.163. The third-order valence-corrected chi connectivity index (χ3v) is 11.1. The summed E-state index contributed by atoms with van der Waals surface area (Å²) in [5.41, 5.74) is 4.97. The molecule has 0 spiro atoms. The maximum absolute atomic E-state index is 11.4. The summed E-state index contributed by atoms with van der Waals surface area (Å²) in [5, 5.41) is 0. The highest BCUT2D eigenvalue weighted by molar-refractivity contribution is 6.92. The fourth-order valence-electron chi connectivity index (χ4n) is 2.47. The van der Waals surface area contributed by atoms with Crippen molar-refractivity contribution in [3.8, 4) is 0 Å². The monoisotopic (exact) mass is 334 g/mol. The van der Waals surface area contributed by atoms with Gasteiger partial charge in [0.15, 0.2) is 0 Å². The second kappa shape index (κ2) is 7.56. The van der Waals surface area contributed by atoms with Gasteiger partial charge in [0.25, 0.3) is 0 Å². The van der Waals surface area contributed by atoms with Crippen molar-refractivity contribution in [2.24, 2.45) is 5.73 Å². The van der Waals surface area contributed by atoms with E-state index in [2.05, 4.69) is 63.2 Å². The van der Waals surface area contributed by atoms with Crippen LogP contribution in [0.5, 0.6) is 0 Å². The van der Waals surface area contributed by atoms with Crippen molar-refractivity contribution in [2.45, 2.75) is 71.9 Å². The number of carbonyl (C=O) groups excluding carboxylic acids is 2. The number of nitrogens with two attached hydrogens (primary N) is 1. The first-order chi connectivity index (χ1) is 8.48. The summed E-state index contributed by atoms with van der Waals surface area (Å²) in [5.74, 6) is 0.0949. The average Bonchev–Trinajstić information content (AvgIpc) is 1.89. The molecule has 0 aromatic rings. The predicted molar refractivity (Wildman–Crippen MR) is 96.6 cm³/mol. The Bertz CT molecular complexity index is 325. The van der Waals surface area contributed by atoms with Crippen LogP contribution in [0.25, 0.3) is 0 Å². The third-order valence-electron chi connectivity index (χ3n) is 2.36. The summed E-state index contributed by atoms with van der Waals surface area (Å²) in [6.45, 7) is 21.4. The summed E-state index contributed by atoms with van der Waals surface area (Å²) >= 11 is 0. The minimum atomic E-state index is -1.44. The molecule has 0 aliphatic rings. The number of amides is 2. The van der Waals surface area contributed by atoms with Gasteiger partial charge in [0.1, 0.15) is 16.5 Å². The number of carbonyl (C=O) groups is 2. The average molecular weight is 335 g/mol. The zero-order valence-electron chi connectivity index (χ0n) is 15.0. The lowest BCUT2D eigenvalue weighted by Crippen LogP contribution is -2.61. The number of nitrogens with zero attached hydrogens (tertiary/aromatic N) is 1. The van der Waals surface area contributed by atoms with Crippen molar-refractivity contribution in [1.29, 1.82) is 0 Å². The van der Waals surface area contributed by atoms with Gasteiger partial charge in [-0.1, -0.05) is 58.9 Å². The molecule has 4 nitrogen and oxygen atoms in total. The predicted octanol–water partition coefficient (Wildman–Crippen LogP) is 3.31. The lowest BCUT2D eigenvalue weighted by Gasteiger charge is -2.43. The molecule has 7 heteroatoms. The molecule has 2 amide bonds. The van der Waals surface area contributed by atoms with Crippen LogP contribution in [0.15, 0.2) is 0 Å². The van der Waals surface area contributed by atoms with Gasteiger partial charge in [0, 0.05) is 13.0 Å². The molecule has 0 saturated heterocycles. The third kappa shape index (κ3) is 11.4. The van der Waals surface area contributed by atoms with Crippen molar-refractivity contribution in [2.75, 3.05) is 0 Å². The maximum atomic E-state index is 11.4. The molecule has 0 aliphatic heterocycles. The Kier molecular flexibility index (Phi) is 8.27. The minimum Gasteiger partial charge on any atom is -0.396 e. The smallest absolute Gasteiger partial charge is 0.214 e. The summed E-state index contributed by atoms with van der Waals surface area (Å²) in [6.07, 6.45) is 0. The van der Waals surface area contributed by atoms with Crippen LogP contribution in [0.4, 0.5) is 0 Å². The second-order valence-corrected chi connectivity index (χ2v) is 23.9. The van der Waals surface area contributed by atoms with E-state index in [1.165, 1.54) is 0 Å². The molecular weight excluding hydrogens is 300 g/mol. The van der Waals surface area contributed by atoms with E-state index in [0.29, 0.717) is 6.04 Å². The van der Waals surface area contributed by atoms with Crippen molar-refractivity contribution in [3.05, 3.63) is 0 Å². The Morgan fingerprint density at radius 2 is 1.15 bits per heavy atom. The van der Waals surface area contributed by atoms with Gasteiger partial charge < -0.3 is 9.96 Å². The standard InChI is InChI=1S/C8H21NOSi2.C5H13NOSi/c1-8(10)9(11(2,3)4)12(5,6)7;1-8(2,3)4-5(6)7/h1-7H3;4H2,1-3H3,(H2,6,7).